The Morgan fingerprint density at radius 2 is 1.14 bits per heavy atom. The van der Waals surface area contributed by atoms with Gasteiger partial charge in [-0.25, -0.2) is 0 Å². The molecule has 0 amide bonds. The molecule has 7 nitrogen and oxygen atoms in total. The highest BCUT2D eigenvalue weighted by molar-refractivity contribution is 5.69. The number of rotatable bonds is 36. The topological polar surface area (TPSA) is 91.3 Å². The summed E-state index contributed by atoms with van der Waals surface area (Å²) in [6, 6.07) is 0. The molecule has 0 bridgehead atoms. The van der Waals surface area contributed by atoms with E-state index in [9.17, 15) is 14.7 Å². The van der Waals surface area contributed by atoms with E-state index in [4.69, 9.17) is 18.9 Å². The largest absolute Gasteiger partial charge is 0.489 e. The Bertz CT molecular complexity index is 869. The zero-order chi connectivity index (χ0) is 36.3. The average molecular weight is 705 g/mol. The number of allylic oxidation sites excluding steroid dienone is 5. The maximum absolute atomic E-state index is 12.3. The third-order valence-electron chi connectivity index (χ3n) is 9.58. The first-order valence-corrected chi connectivity index (χ1v) is 20.7. The van der Waals surface area contributed by atoms with Gasteiger partial charge in [-0.05, 0) is 64.2 Å². The van der Waals surface area contributed by atoms with E-state index in [1.807, 2.05) is 0 Å². The molecule has 1 heterocycles. The molecule has 1 fully saturated rings. The number of aliphatic hydroxyl groups excluding tert-OH is 1. The van der Waals surface area contributed by atoms with Crippen molar-refractivity contribution in [2.24, 2.45) is 0 Å². The molecule has 1 saturated heterocycles. The lowest BCUT2D eigenvalue weighted by atomic mass is 10.1. The Balaban J connectivity index is 2.11. The number of ether oxygens (including phenoxy) is 4. The Morgan fingerprint density at radius 1 is 0.700 bits per heavy atom. The average Bonchev–Trinajstić information content (AvgIpc) is 3.50. The van der Waals surface area contributed by atoms with Crippen LogP contribution in [0.15, 0.2) is 36.6 Å². The number of carbonyl (C=O) groups excluding carboxylic acids is 2. The van der Waals surface area contributed by atoms with Crippen LogP contribution in [-0.4, -0.2) is 55.2 Å². The Kier molecular flexibility index (Phi) is 31.2. The molecule has 0 aromatic heterocycles. The zero-order valence-electron chi connectivity index (χ0n) is 32.3. The van der Waals surface area contributed by atoms with Crippen LogP contribution in [0.3, 0.4) is 0 Å². The van der Waals surface area contributed by atoms with Crippen LogP contribution in [0.5, 0.6) is 0 Å². The molecule has 0 saturated carbocycles. The molecule has 7 heteroatoms. The molecule has 50 heavy (non-hydrogen) atoms. The normalized spacial score (nSPS) is 18.2. The lowest BCUT2D eigenvalue weighted by Crippen LogP contribution is -2.43. The van der Waals surface area contributed by atoms with E-state index in [-0.39, 0.29) is 19.2 Å². The fraction of sp³-hybridized carbons (Fsp3) is 0.814. The monoisotopic (exact) mass is 705 g/mol. The minimum Gasteiger partial charge on any atom is -0.489 e. The smallest absolute Gasteiger partial charge is 0.305 e. The molecule has 1 aliphatic heterocycles. The van der Waals surface area contributed by atoms with Gasteiger partial charge >= 0.3 is 5.97 Å². The Hall–Kier alpha value is -2.12. The molecule has 0 aliphatic carbocycles. The quantitative estimate of drug-likeness (QED) is 0.0228. The van der Waals surface area contributed by atoms with Crippen LogP contribution in [-0.2, 0) is 28.5 Å². The van der Waals surface area contributed by atoms with E-state index in [2.05, 4.69) is 44.7 Å². The van der Waals surface area contributed by atoms with Crippen molar-refractivity contribution in [1.82, 2.24) is 0 Å². The highest BCUT2D eigenvalue weighted by Crippen LogP contribution is 2.26. The van der Waals surface area contributed by atoms with Crippen LogP contribution in [0.2, 0.25) is 0 Å². The van der Waals surface area contributed by atoms with E-state index in [0.717, 1.165) is 57.8 Å². The van der Waals surface area contributed by atoms with Gasteiger partial charge in [0.2, 0.25) is 0 Å². The standard InChI is InChI=1S/C43H76O7/c1-4-6-8-10-12-14-16-18-20-21-23-25-27-29-31-33-38(3)50-40-36-48-42(43(40)49-37-44)39(45)35-47-41(46)34-32-30-28-26-24-22-19-17-15-13-11-9-7-5-2/h18-20,22,37,39-40,42-43,45H,3-17,21,23-36H2,1-2H3/b20-18+,22-19+/t39-,40+,42?,43?/m1/s1. The molecule has 0 aromatic rings. The third-order valence-corrected chi connectivity index (χ3v) is 9.58. The summed E-state index contributed by atoms with van der Waals surface area (Å²) in [6.45, 7) is 8.86. The van der Waals surface area contributed by atoms with Gasteiger partial charge < -0.3 is 24.1 Å². The predicted molar refractivity (Wildman–Crippen MR) is 206 cm³/mol. The molecule has 4 atom stereocenters. The van der Waals surface area contributed by atoms with Gasteiger partial charge in [-0.15, -0.1) is 0 Å². The summed E-state index contributed by atoms with van der Waals surface area (Å²) in [4.78, 5) is 23.5. The van der Waals surface area contributed by atoms with E-state index in [0.29, 0.717) is 18.7 Å². The number of esters is 1. The fourth-order valence-corrected chi connectivity index (χ4v) is 6.44. The van der Waals surface area contributed by atoms with Gasteiger partial charge in [-0.2, -0.15) is 0 Å². The minimum atomic E-state index is -1.13. The van der Waals surface area contributed by atoms with Crippen LogP contribution in [0.25, 0.3) is 0 Å². The van der Waals surface area contributed by atoms with Crippen molar-refractivity contribution in [2.75, 3.05) is 13.2 Å². The summed E-state index contributed by atoms with van der Waals surface area (Å²) in [6.07, 6.45) is 37.5. The second-order valence-electron chi connectivity index (χ2n) is 14.3. The molecular weight excluding hydrogens is 628 g/mol. The highest BCUT2D eigenvalue weighted by Gasteiger charge is 2.45. The first-order chi connectivity index (χ1) is 24.5. The fourth-order valence-electron chi connectivity index (χ4n) is 6.44. The van der Waals surface area contributed by atoms with Crippen molar-refractivity contribution in [3.63, 3.8) is 0 Å². The Labute approximate surface area is 307 Å². The van der Waals surface area contributed by atoms with Crippen LogP contribution < -0.4 is 0 Å². The molecule has 0 aromatic carbocycles. The van der Waals surface area contributed by atoms with E-state index in [1.165, 1.54) is 109 Å². The van der Waals surface area contributed by atoms with Gasteiger partial charge in [-0.1, -0.05) is 141 Å². The van der Waals surface area contributed by atoms with Crippen LogP contribution in [0.4, 0.5) is 0 Å². The van der Waals surface area contributed by atoms with Crippen molar-refractivity contribution < 1.29 is 33.6 Å². The lowest BCUT2D eigenvalue weighted by Gasteiger charge is -2.25. The van der Waals surface area contributed by atoms with E-state index < -0.39 is 24.4 Å². The van der Waals surface area contributed by atoms with Crippen molar-refractivity contribution >= 4 is 12.4 Å². The molecule has 2 unspecified atom stereocenters. The first kappa shape index (κ1) is 45.9. The molecule has 290 valence electrons. The Morgan fingerprint density at radius 3 is 1.62 bits per heavy atom. The molecule has 1 aliphatic rings. The second kappa shape index (κ2) is 34.0. The summed E-state index contributed by atoms with van der Waals surface area (Å²) >= 11 is 0. The third kappa shape index (κ3) is 25.8. The second-order valence-corrected chi connectivity index (χ2v) is 14.3. The van der Waals surface area contributed by atoms with E-state index in [1.54, 1.807) is 0 Å². The van der Waals surface area contributed by atoms with Crippen LogP contribution >= 0.6 is 0 Å². The van der Waals surface area contributed by atoms with Crippen molar-refractivity contribution in [3.8, 4) is 0 Å². The number of carbonyl (C=O) groups is 2. The number of hydrogen-bond donors (Lipinski definition) is 1. The maximum Gasteiger partial charge on any atom is 0.305 e. The lowest BCUT2D eigenvalue weighted by molar-refractivity contribution is -0.156. The zero-order valence-corrected chi connectivity index (χ0v) is 32.3. The number of hydrogen-bond acceptors (Lipinski definition) is 7. The molecule has 0 radical (unpaired) electrons. The SMILES string of the molecule is C=C(CCCCCCC/C=C/CCCCCCCC)O[C@H]1COC([C@H](O)COC(=O)CCCCCC/C=C/CCCCCCCC)C1OC=O. The molecular formula is C43H76O7. The summed E-state index contributed by atoms with van der Waals surface area (Å²) in [5.41, 5.74) is 0. The highest BCUT2D eigenvalue weighted by atomic mass is 16.6. The predicted octanol–water partition coefficient (Wildman–Crippen LogP) is 11.4. The summed E-state index contributed by atoms with van der Waals surface area (Å²) < 4.78 is 22.3. The molecule has 0 spiro atoms. The van der Waals surface area contributed by atoms with Crippen molar-refractivity contribution in [3.05, 3.63) is 36.6 Å². The van der Waals surface area contributed by atoms with Crippen LogP contribution in [0, 0.1) is 0 Å². The van der Waals surface area contributed by atoms with Gasteiger partial charge in [0.1, 0.15) is 18.8 Å². The maximum atomic E-state index is 12.3. The van der Waals surface area contributed by atoms with Gasteiger partial charge in [0.05, 0.1) is 12.4 Å². The minimum absolute atomic E-state index is 0.161. The van der Waals surface area contributed by atoms with Gasteiger partial charge in [0.25, 0.3) is 6.47 Å². The molecule has 1 rings (SSSR count). The summed E-state index contributed by atoms with van der Waals surface area (Å²) in [5, 5.41) is 10.7. The number of unbranched alkanes of at least 4 members (excludes halogenated alkanes) is 21. The van der Waals surface area contributed by atoms with Gasteiger partial charge in [0, 0.05) is 12.8 Å². The first-order valence-electron chi connectivity index (χ1n) is 20.7. The number of aliphatic hydroxyl groups is 1. The van der Waals surface area contributed by atoms with Crippen molar-refractivity contribution in [2.45, 2.75) is 212 Å². The van der Waals surface area contributed by atoms with Crippen LogP contribution in [0.1, 0.15) is 187 Å². The van der Waals surface area contributed by atoms with Gasteiger partial charge in [0.15, 0.2) is 12.2 Å². The summed E-state index contributed by atoms with van der Waals surface area (Å²) in [7, 11) is 0. The van der Waals surface area contributed by atoms with Crippen molar-refractivity contribution in [1.29, 1.82) is 0 Å². The van der Waals surface area contributed by atoms with E-state index >= 15 is 0 Å². The van der Waals surface area contributed by atoms with Gasteiger partial charge in [-0.3, -0.25) is 9.59 Å². The summed E-state index contributed by atoms with van der Waals surface area (Å²) in [5.74, 6) is 0.288. The molecule has 1 N–H and O–H groups in total.